The van der Waals surface area contributed by atoms with Crippen LogP contribution in [0.4, 0.5) is 4.39 Å². The van der Waals surface area contributed by atoms with E-state index in [1.54, 1.807) is 32.0 Å². The van der Waals surface area contributed by atoms with Crippen LogP contribution in [0, 0.1) is 17.7 Å². The summed E-state index contributed by atoms with van der Waals surface area (Å²) in [6, 6.07) is 9.85. The minimum atomic E-state index is -1.07. The van der Waals surface area contributed by atoms with Crippen molar-refractivity contribution in [2.24, 2.45) is 11.8 Å². The zero-order valence-corrected chi connectivity index (χ0v) is 13.8. The number of benzene rings is 1. The van der Waals surface area contributed by atoms with E-state index in [4.69, 9.17) is 4.74 Å². The number of hydrogen-bond acceptors (Lipinski definition) is 4. The molecule has 1 aromatic heterocycles. The molecule has 0 unspecified atom stereocenters. The van der Waals surface area contributed by atoms with Gasteiger partial charge in [0, 0.05) is 42.6 Å². The van der Waals surface area contributed by atoms with Crippen molar-refractivity contribution in [2.45, 2.75) is 25.6 Å². The van der Waals surface area contributed by atoms with Crippen molar-refractivity contribution in [3.8, 4) is 17.0 Å². The quantitative estimate of drug-likeness (QED) is 0.906. The monoisotopic (exact) mass is 328 g/mol. The summed E-state index contributed by atoms with van der Waals surface area (Å²) in [5.41, 5.74) is 0.941. The average Bonchev–Trinajstić information content (AvgIpc) is 2.95. The second-order valence-electron chi connectivity index (χ2n) is 7.21. The summed E-state index contributed by atoms with van der Waals surface area (Å²) in [5.74, 6) is 1.59. The van der Waals surface area contributed by atoms with Gasteiger partial charge in [0.2, 0.25) is 0 Å². The highest BCUT2D eigenvalue weighted by molar-refractivity contribution is 5.61. The molecule has 2 aromatic rings. The molecular formula is C19H21FN2O2. The van der Waals surface area contributed by atoms with Gasteiger partial charge < -0.3 is 15.2 Å². The number of piperidine rings is 1. The fourth-order valence-corrected chi connectivity index (χ4v) is 3.35. The lowest BCUT2D eigenvalue weighted by Gasteiger charge is -2.19. The molecule has 2 fully saturated rings. The molecule has 4 nitrogen and oxygen atoms in total. The van der Waals surface area contributed by atoms with E-state index in [0.717, 1.165) is 18.7 Å². The van der Waals surface area contributed by atoms with Gasteiger partial charge in [0.15, 0.2) is 0 Å². The minimum absolute atomic E-state index is 0.240. The number of pyridine rings is 1. The Hall–Kier alpha value is -1.98. The first-order valence-electron chi connectivity index (χ1n) is 8.30. The third-order valence-corrected chi connectivity index (χ3v) is 4.85. The maximum atomic E-state index is 13.2. The van der Waals surface area contributed by atoms with Crippen LogP contribution in [0.1, 0.15) is 19.5 Å². The van der Waals surface area contributed by atoms with Crippen molar-refractivity contribution in [1.82, 2.24) is 10.3 Å². The summed E-state index contributed by atoms with van der Waals surface area (Å²) in [5, 5.41) is 13.7. The predicted octanol–water partition coefficient (Wildman–Crippen LogP) is 2.71. The van der Waals surface area contributed by atoms with E-state index in [0.29, 0.717) is 29.0 Å². The van der Waals surface area contributed by atoms with Gasteiger partial charge in [-0.15, -0.1) is 0 Å². The van der Waals surface area contributed by atoms with Gasteiger partial charge in [0.25, 0.3) is 0 Å². The summed E-state index contributed by atoms with van der Waals surface area (Å²) in [6.45, 7) is 5.40. The molecule has 1 aromatic carbocycles. The predicted molar refractivity (Wildman–Crippen MR) is 89.1 cm³/mol. The van der Waals surface area contributed by atoms with Crippen LogP contribution < -0.4 is 10.1 Å². The molecule has 1 aliphatic heterocycles. The zero-order chi connectivity index (χ0) is 16.9. The molecule has 2 N–H and O–H groups in total. The molecule has 0 amide bonds. The van der Waals surface area contributed by atoms with Gasteiger partial charge in [-0.1, -0.05) is 0 Å². The number of rotatable bonds is 4. The van der Waals surface area contributed by atoms with E-state index in [2.05, 4.69) is 10.3 Å². The summed E-state index contributed by atoms with van der Waals surface area (Å²) < 4.78 is 19.3. The van der Waals surface area contributed by atoms with Crippen LogP contribution in [0.15, 0.2) is 36.4 Å². The smallest absolute Gasteiger partial charge is 0.123 e. The molecule has 1 saturated carbocycles. The molecule has 2 aliphatic rings. The minimum Gasteiger partial charge on any atom is -0.490 e. The van der Waals surface area contributed by atoms with E-state index in [-0.39, 0.29) is 11.9 Å². The molecule has 1 aliphatic carbocycles. The van der Waals surface area contributed by atoms with Crippen LogP contribution in [-0.4, -0.2) is 29.3 Å². The first-order valence-corrected chi connectivity index (χ1v) is 8.30. The molecular weight excluding hydrogens is 307 g/mol. The van der Waals surface area contributed by atoms with Gasteiger partial charge in [0.05, 0.1) is 11.4 Å². The molecule has 2 heterocycles. The molecule has 5 heteroatoms. The third kappa shape index (κ3) is 2.89. The first kappa shape index (κ1) is 15.5. The molecule has 3 atom stereocenters. The van der Waals surface area contributed by atoms with Crippen molar-refractivity contribution in [2.75, 3.05) is 13.1 Å². The SMILES string of the molecule is CC(C)(O)c1cc(O[C@H]2[C@@H]3CNC[C@@H]32)cc(-c2ccc(F)cc2)n1. The second kappa shape index (κ2) is 5.53. The summed E-state index contributed by atoms with van der Waals surface area (Å²) >= 11 is 0. The zero-order valence-electron chi connectivity index (χ0n) is 13.8. The third-order valence-electron chi connectivity index (χ3n) is 4.85. The van der Waals surface area contributed by atoms with Gasteiger partial charge in [0.1, 0.15) is 23.3 Å². The van der Waals surface area contributed by atoms with Gasteiger partial charge in [-0.3, -0.25) is 0 Å². The van der Waals surface area contributed by atoms with Gasteiger partial charge in [-0.05, 0) is 38.1 Å². The Balaban J connectivity index is 1.67. The second-order valence-corrected chi connectivity index (χ2v) is 7.21. The Bertz CT molecular complexity index is 745. The number of fused-ring (bicyclic) bond motifs is 1. The highest BCUT2D eigenvalue weighted by Crippen LogP contribution is 2.45. The fourth-order valence-electron chi connectivity index (χ4n) is 3.35. The van der Waals surface area contributed by atoms with E-state index in [9.17, 15) is 9.50 Å². The van der Waals surface area contributed by atoms with E-state index < -0.39 is 5.60 Å². The standard InChI is InChI=1S/C19H21FN2O2/c1-19(2,23)17-8-13(24-18-14-9-21-10-15(14)18)7-16(22-17)11-3-5-12(20)6-4-11/h3-8,14-15,18,21,23H,9-10H2,1-2H3/t14-,15+,18+. The van der Waals surface area contributed by atoms with E-state index in [1.165, 1.54) is 12.1 Å². The largest absolute Gasteiger partial charge is 0.490 e. The topological polar surface area (TPSA) is 54.4 Å². The molecule has 0 radical (unpaired) electrons. The van der Waals surface area contributed by atoms with E-state index in [1.807, 2.05) is 6.07 Å². The number of aromatic nitrogens is 1. The average molecular weight is 328 g/mol. The van der Waals surface area contributed by atoms with Crippen LogP contribution in [0.5, 0.6) is 5.75 Å². The number of halogens is 1. The number of ether oxygens (including phenoxy) is 1. The Labute approximate surface area is 140 Å². The van der Waals surface area contributed by atoms with Gasteiger partial charge >= 0.3 is 0 Å². The molecule has 1 saturated heterocycles. The Morgan fingerprint density at radius 1 is 1.17 bits per heavy atom. The number of nitrogens with one attached hydrogen (secondary N) is 1. The lowest BCUT2D eigenvalue weighted by Crippen LogP contribution is -2.21. The van der Waals surface area contributed by atoms with Crippen LogP contribution in [0.25, 0.3) is 11.3 Å². The molecule has 0 bridgehead atoms. The maximum absolute atomic E-state index is 13.2. The summed E-state index contributed by atoms with van der Waals surface area (Å²) in [6.07, 6.45) is 0.240. The lowest BCUT2D eigenvalue weighted by molar-refractivity contribution is 0.0735. The Kier molecular flexibility index (Phi) is 3.58. The fraction of sp³-hybridized carbons (Fsp3) is 0.421. The number of hydrogen-bond donors (Lipinski definition) is 2. The molecule has 0 spiro atoms. The van der Waals surface area contributed by atoms with Gasteiger partial charge in [-0.2, -0.15) is 0 Å². The van der Waals surface area contributed by atoms with Crippen molar-refractivity contribution in [3.63, 3.8) is 0 Å². The van der Waals surface area contributed by atoms with Gasteiger partial charge in [-0.25, -0.2) is 9.37 Å². The molecule has 4 rings (SSSR count). The number of nitrogens with zero attached hydrogens (tertiary/aromatic N) is 1. The lowest BCUT2D eigenvalue weighted by atomic mass is 10.0. The van der Waals surface area contributed by atoms with Crippen molar-refractivity contribution < 1.29 is 14.2 Å². The van der Waals surface area contributed by atoms with Crippen molar-refractivity contribution in [3.05, 3.63) is 47.9 Å². The normalized spacial score (nSPS) is 25.4. The Morgan fingerprint density at radius 2 is 1.83 bits per heavy atom. The van der Waals surface area contributed by atoms with Crippen LogP contribution >= 0.6 is 0 Å². The maximum Gasteiger partial charge on any atom is 0.123 e. The summed E-state index contributed by atoms with van der Waals surface area (Å²) in [4.78, 5) is 4.54. The Morgan fingerprint density at radius 3 is 2.46 bits per heavy atom. The van der Waals surface area contributed by atoms with E-state index >= 15 is 0 Å². The highest BCUT2D eigenvalue weighted by atomic mass is 19.1. The van der Waals surface area contributed by atoms with Crippen LogP contribution in [-0.2, 0) is 5.60 Å². The highest BCUT2D eigenvalue weighted by Gasteiger charge is 2.55. The first-order chi connectivity index (χ1) is 11.4. The van der Waals surface area contributed by atoms with Crippen molar-refractivity contribution in [1.29, 1.82) is 0 Å². The molecule has 126 valence electrons. The van der Waals surface area contributed by atoms with Crippen LogP contribution in [0.2, 0.25) is 0 Å². The van der Waals surface area contributed by atoms with Crippen LogP contribution in [0.3, 0.4) is 0 Å². The van der Waals surface area contributed by atoms with Crippen molar-refractivity contribution >= 4 is 0 Å². The number of aliphatic hydroxyl groups is 1. The summed E-state index contributed by atoms with van der Waals surface area (Å²) in [7, 11) is 0. The molecule has 24 heavy (non-hydrogen) atoms.